The number of H-pyrrole nitrogens is 1. The van der Waals surface area contributed by atoms with Gasteiger partial charge in [-0.05, 0) is 28.4 Å². The highest BCUT2D eigenvalue weighted by Gasteiger charge is 2.01. The molecule has 0 bridgehead atoms. The van der Waals surface area contributed by atoms with E-state index in [0.717, 1.165) is 16.6 Å². The molecular weight excluding hydrogens is 314 g/mol. The van der Waals surface area contributed by atoms with Gasteiger partial charge in [0.2, 0.25) is 5.88 Å². The van der Waals surface area contributed by atoms with Crippen LogP contribution in [-0.4, -0.2) is 33.4 Å². The second-order valence-electron chi connectivity index (χ2n) is 3.43. The first-order valence-corrected chi connectivity index (χ1v) is 6.29. The minimum atomic E-state index is -0.986. The molecule has 2 aromatic heterocycles. The van der Waals surface area contributed by atoms with Gasteiger partial charge in [-0.25, -0.2) is 9.78 Å². The monoisotopic (exact) mass is 327 g/mol. The van der Waals surface area contributed by atoms with Crippen LogP contribution in [0.2, 0.25) is 0 Å². The summed E-state index contributed by atoms with van der Waals surface area (Å²) in [5.41, 5.74) is 1.25. The van der Waals surface area contributed by atoms with Crippen molar-refractivity contribution in [1.82, 2.24) is 15.2 Å². The average Bonchev–Trinajstić information content (AvgIpc) is 2.85. The maximum absolute atomic E-state index is 10.3. The number of carboxylic acid groups (broad SMARTS) is 1. The van der Waals surface area contributed by atoms with Gasteiger partial charge in [0.1, 0.15) is 0 Å². The maximum Gasteiger partial charge on any atom is 0.337 e. The fourth-order valence-corrected chi connectivity index (χ4v) is 1.65. The highest BCUT2D eigenvalue weighted by Crippen LogP contribution is 2.11. The third-order valence-corrected chi connectivity index (χ3v) is 2.88. The second-order valence-corrected chi connectivity index (χ2v) is 4.28. The van der Waals surface area contributed by atoms with E-state index in [1.165, 1.54) is 25.4 Å². The number of ether oxygens (including phenoxy) is 1. The first kappa shape index (κ1) is 15.2. The van der Waals surface area contributed by atoms with Gasteiger partial charge in [0.15, 0.2) is 0 Å². The number of methoxy groups -OCH3 is 1. The summed E-state index contributed by atoms with van der Waals surface area (Å²) in [5, 5.41) is 15.2. The Kier molecular flexibility index (Phi) is 6.01. The minimum absolute atomic E-state index is 0.158. The molecule has 0 radical (unpaired) electrons. The number of aromatic nitrogens is 3. The zero-order valence-electron chi connectivity index (χ0n) is 10.6. The number of pyridine rings is 1. The van der Waals surface area contributed by atoms with Crippen molar-refractivity contribution < 1.29 is 14.6 Å². The molecule has 7 heteroatoms. The molecule has 0 aliphatic heterocycles. The predicted molar refractivity (Wildman–Crippen MR) is 73.4 cm³/mol. The van der Waals surface area contributed by atoms with Gasteiger partial charge in [0.25, 0.3) is 0 Å². The first-order chi connectivity index (χ1) is 9.08. The lowest BCUT2D eigenvalue weighted by atomic mass is 10.3. The molecule has 2 rings (SSSR count). The molecule has 0 atom stereocenters. The third-order valence-electron chi connectivity index (χ3n) is 2.19. The van der Waals surface area contributed by atoms with Gasteiger partial charge in [-0.15, -0.1) is 0 Å². The van der Waals surface area contributed by atoms with Crippen molar-refractivity contribution in [3.8, 4) is 5.88 Å². The van der Waals surface area contributed by atoms with E-state index in [9.17, 15) is 4.79 Å². The van der Waals surface area contributed by atoms with Crippen molar-refractivity contribution in [2.75, 3.05) is 7.11 Å². The fourth-order valence-electron chi connectivity index (χ4n) is 1.18. The Bertz CT molecular complexity index is 525. The lowest BCUT2D eigenvalue weighted by molar-refractivity contribution is 0.0696. The quantitative estimate of drug-likeness (QED) is 0.904. The zero-order chi connectivity index (χ0) is 14.3. The van der Waals surface area contributed by atoms with Gasteiger partial charge in [0.05, 0.1) is 22.8 Å². The van der Waals surface area contributed by atoms with E-state index in [1.807, 2.05) is 6.20 Å². The number of nitrogens with zero attached hydrogens (tertiary/aromatic N) is 2. The summed E-state index contributed by atoms with van der Waals surface area (Å²) in [5.74, 6) is -0.574. The number of aromatic carboxylic acids is 1. The summed E-state index contributed by atoms with van der Waals surface area (Å²) in [7, 11) is 1.47. The van der Waals surface area contributed by atoms with E-state index in [2.05, 4.69) is 38.0 Å². The fraction of sp³-hybridized carbons (Fsp3) is 0.250. The van der Waals surface area contributed by atoms with E-state index >= 15 is 0 Å². The number of rotatable bonds is 3. The summed E-state index contributed by atoms with van der Waals surface area (Å²) in [4.78, 5) is 14.0. The lowest BCUT2D eigenvalue weighted by Crippen LogP contribution is -1.97. The van der Waals surface area contributed by atoms with Crippen LogP contribution in [0.15, 0.2) is 29.0 Å². The van der Waals surface area contributed by atoms with Gasteiger partial charge < -0.3 is 9.84 Å². The molecule has 2 N–H and O–H groups in total. The van der Waals surface area contributed by atoms with E-state index in [1.54, 1.807) is 0 Å². The minimum Gasteiger partial charge on any atom is -0.481 e. The number of halogens is 1. The zero-order valence-corrected chi connectivity index (χ0v) is 12.1. The maximum atomic E-state index is 10.3. The molecule has 102 valence electrons. The second kappa shape index (κ2) is 7.52. The molecule has 0 saturated heterocycles. The van der Waals surface area contributed by atoms with Crippen molar-refractivity contribution >= 4 is 21.9 Å². The first-order valence-electron chi connectivity index (χ1n) is 5.50. The van der Waals surface area contributed by atoms with Crippen molar-refractivity contribution in [3.05, 3.63) is 40.3 Å². The molecule has 0 amide bonds. The van der Waals surface area contributed by atoms with Crippen LogP contribution in [0, 0.1) is 0 Å². The smallest absolute Gasteiger partial charge is 0.337 e. The Morgan fingerprint density at radius 2 is 2.26 bits per heavy atom. The van der Waals surface area contributed by atoms with Crippen LogP contribution >= 0.6 is 15.9 Å². The van der Waals surface area contributed by atoms with Crippen LogP contribution in [0.25, 0.3) is 0 Å². The molecule has 0 aliphatic rings. The van der Waals surface area contributed by atoms with Crippen molar-refractivity contribution in [2.24, 2.45) is 0 Å². The van der Waals surface area contributed by atoms with E-state index in [0.29, 0.717) is 5.88 Å². The largest absolute Gasteiger partial charge is 0.481 e. The normalized spacial score (nSPS) is 9.42. The molecule has 0 aliphatic carbocycles. The van der Waals surface area contributed by atoms with E-state index in [4.69, 9.17) is 9.84 Å². The van der Waals surface area contributed by atoms with Gasteiger partial charge in [-0.2, -0.15) is 5.10 Å². The Balaban J connectivity index is 0.000000200. The molecule has 0 fully saturated rings. The number of nitrogens with one attached hydrogen (secondary N) is 1. The lowest BCUT2D eigenvalue weighted by Gasteiger charge is -1.96. The number of carboxylic acids is 1. The topological polar surface area (TPSA) is 88.1 Å². The number of hydrogen-bond donors (Lipinski definition) is 2. The van der Waals surface area contributed by atoms with Crippen LogP contribution in [0.4, 0.5) is 0 Å². The average molecular weight is 328 g/mol. The Morgan fingerprint density at radius 1 is 1.53 bits per heavy atom. The molecule has 0 aromatic carbocycles. The molecule has 0 unspecified atom stereocenters. The van der Waals surface area contributed by atoms with Crippen LogP contribution in [-0.2, 0) is 6.42 Å². The third kappa shape index (κ3) is 4.70. The van der Waals surface area contributed by atoms with E-state index < -0.39 is 5.97 Å². The summed E-state index contributed by atoms with van der Waals surface area (Å²) in [6.45, 7) is 2.07. The molecule has 19 heavy (non-hydrogen) atoms. The molecular formula is C12H14BrN3O3. The number of hydrogen-bond acceptors (Lipinski definition) is 4. The van der Waals surface area contributed by atoms with Crippen LogP contribution in [0.5, 0.6) is 5.88 Å². The predicted octanol–water partition coefficient (Wildman–Crippen LogP) is 2.52. The molecule has 2 heterocycles. The Labute approximate surface area is 119 Å². The molecule has 0 spiro atoms. The highest BCUT2D eigenvalue weighted by molar-refractivity contribution is 9.10. The van der Waals surface area contributed by atoms with Crippen molar-refractivity contribution in [1.29, 1.82) is 0 Å². The van der Waals surface area contributed by atoms with Crippen molar-refractivity contribution in [2.45, 2.75) is 13.3 Å². The summed E-state index contributed by atoms with van der Waals surface area (Å²) in [6, 6.07) is 2.94. The van der Waals surface area contributed by atoms with Gasteiger partial charge >= 0.3 is 5.97 Å². The summed E-state index contributed by atoms with van der Waals surface area (Å²) >= 11 is 3.33. The van der Waals surface area contributed by atoms with Crippen LogP contribution in [0.3, 0.4) is 0 Å². The molecule has 0 saturated carbocycles. The Morgan fingerprint density at radius 3 is 2.58 bits per heavy atom. The molecule has 6 nitrogen and oxygen atoms in total. The summed E-state index contributed by atoms with van der Waals surface area (Å²) < 4.78 is 5.81. The van der Waals surface area contributed by atoms with Crippen LogP contribution in [0.1, 0.15) is 23.0 Å². The number of aromatic amines is 1. The standard InChI is InChI=1S/C7H7NO3.C5H7BrN2/c1-11-6-3-2-5(4-8-6)7(9)10;1-2-5-4(6)3-7-8-5/h2-4H,1H3,(H,9,10);3H,2H2,1H3,(H,7,8). The highest BCUT2D eigenvalue weighted by atomic mass is 79.9. The van der Waals surface area contributed by atoms with E-state index in [-0.39, 0.29) is 5.56 Å². The number of aryl methyl sites for hydroxylation is 1. The van der Waals surface area contributed by atoms with Crippen molar-refractivity contribution in [3.63, 3.8) is 0 Å². The van der Waals surface area contributed by atoms with Gasteiger partial charge in [-0.3, -0.25) is 5.10 Å². The SMILES string of the molecule is CCc1n[nH]cc1Br.COc1ccc(C(=O)O)cn1. The molecule has 2 aromatic rings. The Hall–Kier alpha value is -1.89. The summed E-state index contributed by atoms with van der Waals surface area (Å²) in [6.07, 6.45) is 4.06. The van der Waals surface area contributed by atoms with Crippen LogP contribution < -0.4 is 4.74 Å². The van der Waals surface area contributed by atoms with Gasteiger partial charge in [-0.1, -0.05) is 6.92 Å². The van der Waals surface area contributed by atoms with Gasteiger partial charge in [0, 0.05) is 18.5 Å². The number of carbonyl (C=O) groups is 1.